The predicted octanol–water partition coefficient (Wildman–Crippen LogP) is 7.21. The summed E-state index contributed by atoms with van der Waals surface area (Å²) in [5, 5.41) is 5.53. The summed E-state index contributed by atoms with van der Waals surface area (Å²) in [7, 11) is 0. The molecule has 4 aromatic heterocycles. The summed E-state index contributed by atoms with van der Waals surface area (Å²) in [5.74, 6) is 0. The van der Waals surface area contributed by atoms with Crippen LogP contribution >= 0.6 is 0 Å². The van der Waals surface area contributed by atoms with E-state index in [9.17, 15) is 0 Å². The molecule has 0 radical (unpaired) electrons. The molecule has 158 valence electrons. The van der Waals surface area contributed by atoms with Crippen LogP contribution in [0.5, 0.6) is 0 Å². The minimum Gasteiger partial charge on any atom is -0.264 e. The standard InChI is InChI=1S/C30H18N4/c1-2-13-25-22(10-1)26-23-11-5-15-32-29(23)30-24(12-6-16-33-30)27(26)28(34-25)20-8-3-7-19(17-20)21-9-4-14-31-18-21/h1-18H. The molecule has 3 aromatic carbocycles. The third-order valence-electron chi connectivity index (χ3n) is 6.40. The van der Waals surface area contributed by atoms with Crippen molar-refractivity contribution in [2.75, 3.05) is 0 Å². The summed E-state index contributed by atoms with van der Waals surface area (Å²) in [4.78, 5) is 19.0. The van der Waals surface area contributed by atoms with Crippen LogP contribution in [-0.2, 0) is 0 Å². The zero-order chi connectivity index (χ0) is 22.5. The molecule has 0 aliphatic carbocycles. The largest absolute Gasteiger partial charge is 0.264 e. The number of para-hydroxylation sites is 1. The maximum absolute atomic E-state index is 5.20. The number of fused-ring (bicyclic) bond motifs is 8. The van der Waals surface area contributed by atoms with Crippen molar-refractivity contribution in [3.8, 4) is 22.4 Å². The Labute approximate surface area is 195 Å². The van der Waals surface area contributed by atoms with Crippen molar-refractivity contribution >= 4 is 43.5 Å². The normalized spacial score (nSPS) is 11.5. The number of nitrogens with zero attached hydrogens (tertiary/aromatic N) is 4. The van der Waals surface area contributed by atoms with Crippen molar-refractivity contribution in [3.63, 3.8) is 0 Å². The SMILES string of the molecule is c1cncc(-c2cccc(-c3nc4ccccc4c4c5cccnc5c5ncccc5c34)c2)c1. The number of hydrogen-bond donors (Lipinski definition) is 0. The van der Waals surface area contributed by atoms with Crippen LogP contribution in [-0.4, -0.2) is 19.9 Å². The number of benzene rings is 3. The van der Waals surface area contributed by atoms with Gasteiger partial charge in [-0.1, -0.05) is 54.6 Å². The van der Waals surface area contributed by atoms with Gasteiger partial charge in [-0.3, -0.25) is 15.0 Å². The minimum absolute atomic E-state index is 0.896. The lowest BCUT2D eigenvalue weighted by atomic mass is 9.92. The lowest BCUT2D eigenvalue weighted by Crippen LogP contribution is -1.95. The van der Waals surface area contributed by atoms with E-state index in [4.69, 9.17) is 15.0 Å². The van der Waals surface area contributed by atoms with E-state index >= 15 is 0 Å². The van der Waals surface area contributed by atoms with Gasteiger partial charge in [-0.05, 0) is 35.9 Å². The molecule has 0 saturated heterocycles. The van der Waals surface area contributed by atoms with Crippen molar-refractivity contribution in [2.24, 2.45) is 0 Å². The Morgan fingerprint density at radius 2 is 1.18 bits per heavy atom. The van der Waals surface area contributed by atoms with E-state index in [1.807, 2.05) is 42.9 Å². The van der Waals surface area contributed by atoms with Gasteiger partial charge < -0.3 is 0 Å². The lowest BCUT2D eigenvalue weighted by molar-refractivity contribution is 1.33. The van der Waals surface area contributed by atoms with Gasteiger partial charge in [0.15, 0.2) is 0 Å². The molecule has 0 fully saturated rings. The summed E-state index contributed by atoms with van der Waals surface area (Å²) < 4.78 is 0. The van der Waals surface area contributed by atoms with Crippen molar-refractivity contribution < 1.29 is 0 Å². The average molecular weight is 435 g/mol. The summed E-state index contributed by atoms with van der Waals surface area (Å²) in [6.07, 6.45) is 7.36. The molecule has 7 rings (SSSR count). The number of rotatable bonds is 2. The fourth-order valence-corrected chi connectivity index (χ4v) is 4.93. The molecule has 4 nitrogen and oxygen atoms in total. The Morgan fingerprint density at radius 1 is 0.500 bits per heavy atom. The molecule has 7 aromatic rings. The van der Waals surface area contributed by atoms with Crippen molar-refractivity contribution in [1.29, 1.82) is 0 Å². The van der Waals surface area contributed by atoms with Gasteiger partial charge in [0, 0.05) is 62.8 Å². The molecule has 0 amide bonds. The van der Waals surface area contributed by atoms with Crippen molar-refractivity contribution in [1.82, 2.24) is 19.9 Å². The molecule has 4 heterocycles. The van der Waals surface area contributed by atoms with E-state index in [1.54, 1.807) is 6.20 Å². The number of aromatic nitrogens is 4. The molecule has 0 bridgehead atoms. The van der Waals surface area contributed by atoms with E-state index in [2.05, 4.69) is 65.6 Å². The molecule has 0 N–H and O–H groups in total. The van der Waals surface area contributed by atoms with Crippen LogP contribution in [0, 0.1) is 0 Å². The Bertz CT molecular complexity index is 1860. The van der Waals surface area contributed by atoms with Gasteiger partial charge >= 0.3 is 0 Å². The zero-order valence-corrected chi connectivity index (χ0v) is 18.2. The highest BCUT2D eigenvalue weighted by Gasteiger charge is 2.18. The quantitative estimate of drug-likeness (QED) is 0.270. The molecule has 0 spiro atoms. The maximum Gasteiger partial charge on any atom is 0.0971 e. The van der Waals surface area contributed by atoms with Crippen LogP contribution in [0.15, 0.2) is 110 Å². The highest BCUT2D eigenvalue weighted by molar-refractivity contribution is 6.32. The molecular formula is C30H18N4. The molecule has 0 saturated carbocycles. The smallest absolute Gasteiger partial charge is 0.0971 e. The van der Waals surface area contributed by atoms with Crippen LogP contribution in [0.25, 0.3) is 65.9 Å². The van der Waals surface area contributed by atoms with E-state index in [1.165, 1.54) is 0 Å². The highest BCUT2D eigenvalue weighted by atomic mass is 14.7. The summed E-state index contributed by atoms with van der Waals surface area (Å²) in [5.41, 5.74) is 6.97. The van der Waals surface area contributed by atoms with Gasteiger partial charge in [-0.15, -0.1) is 0 Å². The Kier molecular flexibility index (Phi) is 4.11. The zero-order valence-electron chi connectivity index (χ0n) is 18.2. The molecule has 0 aliphatic heterocycles. The topological polar surface area (TPSA) is 51.6 Å². The van der Waals surface area contributed by atoms with Crippen LogP contribution in [0.2, 0.25) is 0 Å². The number of hydrogen-bond acceptors (Lipinski definition) is 4. The monoisotopic (exact) mass is 434 g/mol. The highest BCUT2D eigenvalue weighted by Crippen LogP contribution is 2.41. The molecule has 0 atom stereocenters. The summed E-state index contributed by atoms with van der Waals surface area (Å²) >= 11 is 0. The van der Waals surface area contributed by atoms with Gasteiger partial charge in [0.05, 0.1) is 22.2 Å². The van der Waals surface area contributed by atoms with Crippen LogP contribution < -0.4 is 0 Å². The van der Waals surface area contributed by atoms with Crippen molar-refractivity contribution in [2.45, 2.75) is 0 Å². The maximum atomic E-state index is 5.20. The van der Waals surface area contributed by atoms with Crippen LogP contribution in [0.1, 0.15) is 0 Å². The first-order valence-electron chi connectivity index (χ1n) is 11.2. The van der Waals surface area contributed by atoms with Gasteiger partial charge in [0.1, 0.15) is 0 Å². The lowest BCUT2D eigenvalue weighted by Gasteiger charge is -2.15. The molecular weight excluding hydrogens is 416 g/mol. The fraction of sp³-hybridized carbons (Fsp3) is 0. The van der Waals surface area contributed by atoms with Crippen LogP contribution in [0.3, 0.4) is 0 Å². The molecule has 0 unspecified atom stereocenters. The molecule has 4 heteroatoms. The van der Waals surface area contributed by atoms with Gasteiger partial charge in [0.2, 0.25) is 0 Å². The predicted molar refractivity (Wildman–Crippen MR) is 139 cm³/mol. The third kappa shape index (κ3) is 2.79. The van der Waals surface area contributed by atoms with Gasteiger partial charge in [-0.25, -0.2) is 4.98 Å². The Morgan fingerprint density at radius 3 is 1.97 bits per heavy atom. The second-order valence-corrected chi connectivity index (χ2v) is 8.35. The van der Waals surface area contributed by atoms with Gasteiger partial charge in [-0.2, -0.15) is 0 Å². The second kappa shape index (κ2) is 7.42. The van der Waals surface area contributed by atoms with Crippen LogP contribution in [0.4, 0.5) is 0 Å². The molecule has 0 aliphatic rings. The van der Waals surface area contributed by atoms with Crippen molar-refractivity contribution in [3.05, 3.63) is 110 Å². The van der Waals surface area contributed by atoms with E-state index in [0.717, 1.165) is 65.9 Å². The molecule has 34 heavy (non-hydrogen) atoms. The minimum atomic E-state index is 0.896. The summed E-state index contributed by atoms with van der Waals surface area (Å²) in [6.45, 7) is 0. The van der Waals surface area contributed by atoms with E-state index in [0.29, 0.717) is 0 Å². The summed E-state index contributed by atoms with van der Waals surface area (Å²) in [6, 6.07) is 29.2. The second-order valence-electron chi connectivity index (χ2n) is 8.35. The van der Waals surface area contributed by atoms with E-state index < -0.39 is 0 Å². The Balaban J connectivity index is 1.69. The first-order chi connectivity index (χ1) is 16.9. The average Bonchev–Trinajstić information content (AvgIpc) is 2.93. The first kappa shape index (κ1) is 18.8. The van der Waals surface area contributed by atoms with Gasteiger partial charge in [0.25, 0.3) is 0 Å². The number of pyridine rings is 4. The third-order valence-corrected chi connectivity index (χ3v) is 6.40. The fourth-order valence-electron chi connectivity index (χ4n) is 4.93. The first-order valence-corrected chi connectivity index (χ1v) is 11.2. The van der Waals surface area contributed by atoms with E-state index in [-0.39, 0.29) is 0 Å². The Hall–Kier alpha value is -4.70.